The van der Waals surface area contributed by atoms with Gasteiger partial charge in [0.05, 0.1) is 18.3 Å². The highest BCUT2D eigenvalue weighted by Crippen LogP contribution is 2.33. The van der Waals surface area contributed by atoms with Crippen LogP contribution in [0, 0.1) is 11.6 Å². The molecular formula is C23H19F2N3OS. The molecule has 0 spiro atoms. The average Bonchev–Trinajstić information content (AvgIpc) is 3.12. The van der Waals surface area contributed by atoms with Crippen LogP contribution >= 0.6 is 11.3 Å². The maximum atomic E-state index is 14.0. The fourth-order valence-electron chi connectivity index (χ4n) is 4.00. The molecule has 0 radical (unpaired) electrons. The summed E-state index contributed by atoms with van der Waals surface area (Å²) in [7, 11) is 0. The maximum Gasteiger partial charge on any atom is 0.262 e. The van der Waals surface area contributed by atoms with E-state index in [4.69, 9.17) is 0 Å². The molecule has 0 bridgehead atoms. The lowest BCUT2D eigenvalue weighted by atomic mass is 10.0. The van der Waals surface area contributed by atoms with Crippen LogP contribution in [0.25, 0.3) is 10.2 Å². The van der Waals surface area contributed by atoms with Crippen LogP contribution in [0.3, 0.4) is 0 Å². The number of halogens is 2. The summed E-state index contributed by atoms with van der Waals surface area (Å²) in [4.78, 5) is 21.6. The smallest absolute Gasteiger partial charge is 0.262 e. The molecule has 7 heteroatoms. The van der Waals surface area contributed by atoms with Crippen molar-refractivity contribution in [3.05, 3.63) is 98.4 Å². The zero-order valence-corrected chi connectivity index (χ0v) is 17.0. The SMILES string of the molecule is O=c1c2c3c(sc2ncn1Cc1ccccc1F)CN(Cc1ccccc1F)CC3. The Morgan fingerprint density at radius 1 is 0.967 bits per heavy atom. The first-order valence-electron chi connectivity index (χ1n) is 9.79. The number of hydrogen-bond acceptors (Lipinski definition) is 4. The van der Waals surface area contributed by atoms with E-state index in [1.165, 1.54) is 34.4 Å². The Labute approximate surface area is 176 Å². The van der Waals surface area contributed by atoms with Crippen LogP contribution in [0.2, 0.25) is 0 Å². The first-order valence-corrected chi connectivity index (χ1v) is 10.6. The third-order valence-electron chi connectivity index (χ3n) is 5.56. The van der Waals surface area contributed by atoms with Crippen LogP contribution < -0.4 is 5.56 Å². The molecule has 4 aromatic rings. The molecule has 152 valence electrons. The van der Waals surface area contributed by atoms with Gasteiger partial charge in [-0.3, -0.25) is 14.3 Å². The Hall–Kier alpha value is -2.90. The molecule has 30 heavy (non-hydrogen) atoms. The minimum atomic E-state index is -0.333. The molecular weight excluding hydrogens is 404 g/mol. The van der Waals surface area contributed by atoms with Crippen molar-refractivity contribution < 1.29 is 8.78 Å². The lowest BCUT2D eigenvalue weighted by Crippen LogP contribution is -2.30. The molecule has 3 heterocycles. The Morgan fingerprint density at radius 2 is 1.63 bits per heavy atom. The van der Waals surface area contributed by atoms with Gasteiger partial charge < -0.3 is 0 Å². The summed E-state index contributed by atoms with van der Waals surface area (Å²) < 4.78 is 29.5. The minimum Gasteiger partial charge on any atom is -0.294 e. The van der Waals surface area contributed by atoms with Crippen molar-refractivity contribution in [2.75, 3.05) is 6.54 Å². The summed E-state index contributed by atoms with van der Waals surface area (Å²) in [6, 6.07) is 13.3. The molecule has 0 aliphatic carbocycles. The molecule has 0 saturated heterocycles. The molecule has 0 saturated carbocycles. The Bertz CT molecular complexity index is 1300. The van der Waals surface area contributed by atoms with Crippen molar-refractivity contribution >= 4 is 21.6 Å². The molecule has 2 aromatic heterocycles. The lowest BCUT2D eigenvalue weighted by molar-refractivity contribution is 0.246. The summed E-state index contributed by atoms with van der Waals surface area (Å²) in [5, 5.41) is 0.638. The van der Waals surface area contributed by atoms with Crippen LogP contribution in [0.1, 0.15) is 21.6 Å². The summed E-state index contributed by atoms with van der Waals surface area (Å²) in [6.45, 7) is 2.09. The summed E-state index contributed by atoms with van der Waals surface area (Å²) >= 11 is 1.52. The lowest BCUT2D eigenvalue weighted by Gasteiger charge is -2.26. The first kappa shape index (κ1) is 19.1. The molecule has 1 aliphatic heterocycles. The number of nitrogens with zero attached hydrogens (tertiary/aromatic N) is 3. The van der Waals surface area contributed by atoms with Crippen LogP contribution in [0.15, 0.2) is 59.7 Å². The van der Waals surface area contributed by atoms with Crippen molar-refractivity contribution in [3.8, 4) is 0 Å². The Balaban J connectivity index is 1.45. The van der Waals surface area contributed by atoms with Gasteiger partial charge in [-0.15, -0.1) is 11.3 Å². The molecule has 0 unspecified atom stereocenters. The van der Waals surface area contributed by atoms with Gasteiger partial charge in [0.1, 0.15) is 16.5 Å². The van der Waals surface area contributed by atoms with Crippen LogP contribution in [0.4, 0.5) is 8.78 Å². The topological polar surface area (TPSA) is 38.1 Å². The second-order valence-corrected chi connectivity index (χ2v) is 8.59. The van der Waals surface area contributed by atoms with Gasteiger partial charge in [0.25, 0.3) is 5.56 Å². The fourth-order valence-corrected chi connectivity index (χ4v) is 5.22. The van der Waals surface area contributed by atoms with Crippen molar-refractivity contribution in [2.24, 2.45) is 0 Å². The predicted molar refractivity (Wildman–Crippen MR) is 114 cm³/mol. The zero-order chi connectivity index (χ0) is 20.7. The maximum absolute atomic E-state index is 14.0. The number of hydrogen-bond donors (Lipinski definition) is 0. The van der Waals surface area contributed by atoms with E-state index in [2.05, 4.69) is 9.88 Å². The number of benzene rings is 2. The first-order chi connectivity index (χ1) is 14.6. The molecule has 0 N–H and O–H groups in total. The summed E-state index contributed by atoms with van der Waals surface area (Å²) in [6.07, 6.45) is 2.21. The van der Waals surface area contributed by atoms with E-state index in [1.807, 2.05) is 6.07 Å². The van der Waals surface area contributed by atoms with Crippen LogP contribution in [-0.4, -0.2) is 21.0 Å². The zero-order valence-electron chi connectivity index (χ0n) is 16.1. The highest BCUT2D eigenvalue weighted by Gasteiger charge is 2.24. The second-order valence-electron chi connectivity index (χ2n) is 7.51. The number of aromatic nitrogens is 2. The van der Waals surface area contributed by atoms with Gasteiger partial charge in [-0.2, -0.15) is 0 Å². The molecule has 4 nitrogen and oxygen atoms in total. The van der Waals surface area contributed by atoms with E-state index >= 15 is 0 Å². The van der Waals surface area contributed by atoms with Gasteiger partial charge in [0.15, 0.2) is 0 Å². The number of thiophene rings is 1. The van der Waals surface area contributed by atoms with Crippen molar-refractivity contribution in [1.82, 2.24) is 14.5 Å². The minimum absolute atomic E-state index is 0.136. The third-order valence-corrected chi connectivity index (χ3v) is 6.68. The normalized spacial score (nSPS) is 14.2. The van der Waals surface area contributed by atoms with Crippen LogP contribution in [0.5, 0.6) is 0 Å². The molecule has 2 aromatic carbocycles. The Morgan fingerprint density at radius 3 is 2.33 bits per heavy atom. The van der Waals surface area contributed by atoms with Gasteiger partial charge in [-0.05, 0) is 24.1 Å². The number of rotatable bonds is 4. The molecule has 1 aliphatic rings. The van der Waals surface area contributed by atoms with Crippen molar-refractivity contribution in [1.29, 1.82) is 0 Å². The fraction of sp³-hybridized carbons (Fsp3) is 0.217. The van der Waals surface area contributed by atoms with E-state index in [0.717, 1.165) is 17.0 Å². The molecule has 0 fully saturated rings. The third kappa shape index (κ3) is 3.44. The quantitative estimate of drug-likeness (QED) is 0.490. The highest BCUT2D eigenvalue weighted by molar-refractivity contribution is 7.18. The molecule has 0 amide bonds. The highest BCUT2D eigenvalue weighted by atomic mass is 32.1. The van der Waals surface area contributed by atoms with Gasteiger partial charge in [-0.25, -0.2) is 13.8 Å². The van der Waals surface area contributed by atoms with Gasteiger partial charge >= 0.3 is 0 Å². The predicted octanol–water partition coefficient (Wildman–Crippen LogP) is 4.34. The average molecular weight is 423 g/mol. The van der Waals surface area contributed by atoms with Gasteiger partial charge in [-0.1, -0.05) is 36.4 Å². The second kappa shape index (κ2) is 7.74. The summed E-state index contributed by atoms with van der Waals surface area (Å²) in [5.41, 5.74) is 2.02. The van der Waals surface area contributed by atoms with Gasteiger partial charge in [0, 0.05) is 35.6 Å². The van der Waals surface area contributed by atoms with Crippen molar-refractivity contribution in [3.63, 3.8) is 0 Å². The van der Waals surface area contributed by atoms with E-state index in [9.17, 15) is 13.6 Å². The number of fused-ring (bicyclic) bond motifs is 3. The largest absolute Gasteiger partial charge is 0.294 e. The van der Waals surface area contributed by atoms with Crippen LogP contribution in [-0.2, 0) is 26.1 Å². The molecule has 0 atom stereocenters. The van der Waals surface area contributed by atoms with E-state index in [-0.39, 0.29) is 23.7 Å². The Kier molecular flexibility index (Phi) is 4.92. The standard InChI is InChI=1S/C23H19F2N3OS/c24-18-7-3-1-5-15(18)11-27-10-9-17-20(13-27)30-22-21(17)23(29)28(14-26-22)12-16-6-2-4-8-19(16)25/h1-8,14H,9-13H2. The van der Waals surface area contributed by atoms with E-state index in [0.29, 0.717) is 40.9 Å². The van der Waals surface area contributed by atoms with Gasteiger partial charge in [0.2, 0.25) is 0 Å². The van der Waals surface area contributed by atoms with E-state index in [1.54, 1.807) is 30.3 Å². The monoisotopic (exact) mass is 423 g/mol. The molecule has 5 rings (SSSR count). The summed E-state index contributed by atoms with van der Waals surface area (Å²) in [5.74, 6) is -0.530. The van der Waals surface area contributed by atoms with E-state index < -0.39 is 0 Å². The van der Waals surface area contributed by atoms with Crippen molar-refractivity contribution in [2.45, 2.75) is 26.1 Å².